The molecule has 2 N–H and O–H groups in total. The first-order valence-electron chi connectivity index (χ1n) is 6.55. The van der Waals surface area contributed by atoms with Crippen LogP contribution in [0.1, 0.15) is 6.92 Å². The summed E-state index contributed by atoms with van der Waals surface area (Å²) in [5, 5.41) is 13.7. The van der Waals surface area contributed by atoms with Gasteiger partial charge in [-0.1, -0.05) is 41.4 Å². The summed E-state index contributed by atoms with van der Waals surface area (Å²) in [5.41, 5.74) is -1.02. The third kappa shape index (κ3) is 4.65. The van der Waals surface area contributed by atoms with Gasteiger partial charge in [0.2, 0.25) is 0 Å². The largest absolute Gasteiger partial charge is 0.379 e. The molecule has 0 aliphatic rings. The van der Waals surface area contributed by atoms with Gasteiger partial charge in [-0.2, -0.15) is 0 Å². The van der Waals surface area contributed by atoms with E-state index in [1.807, 2.05) is 30.3 Å². The Bertz CT molecular complexity index is 662. The minimum atomic E-state index is -1.51. The van der Waals surface area contributed by atoms with Gasteiger partial charge in [-0.25, -0.2) is 0 Å². The number of amides is 1. The molecule has 1 unspecified atom stereocenters. The second-order valence-corrected chi connectivity index (χ2v) is 6.82. The maximum Gasteiger partial charge on any atom is 0.256 e. The minimum Gasteiger partial charge on any atom is -0.379 e. The SMILES string of the molecule is CC(O)(CSc1ccccc1)C(=O)Nc1ccc(Cl)c(Cl)c1. The van der Waals surface area contributed by atoms with Crippen molar-refractivity contribution < 1.29 is 9.90 Å². The lowest BCUT2D eigenvalue weighted by Crippen LogP contribution is -2.42. The van der Waals surface area contributed by atoms with Crippen LogP contribution in [0.4, 0.5) is 5.69 Å². The molecule has 0 aliphatic carbocycles. The molecule has 0 fully saturated rings. The van der Waals surface area contributed by atoms with E-state index in [4.69, 9.17) is 23.2 Å². The van der Waals surface area contributed by atoms with Crippen molar-refractivity contribution in [2.75, 3.05) is 11.1 Å². The van der Waals surface area contributed by atoms with Gasteiger partial charge in [0.15, 0.2) is 0 Å². The lowest BCUT2D eigenvalue weighted by Gasteiger charge is -2.22. The van der Waals surface area contributed by atoms with Crippen LogP contribution in [0.2, 0.25) is 10.0 Å². The van der Waals surface area contributed by atoms with E-state index >= 15 is 0 Å². The molecule has 0 saturated heterocycles. The van der Waals surface area contributed by atoms with Crippen molar-refractivity contribution in [2.24, 2.45) is 0 Å². The minimum absolute atomic E-state index is 0.240. The molecule has 2 aromatic carbocycles. The van der Waals surface area contributed by atoms with E-state index < -0.39 is 11.5 Å². The van der Waals surface area contributed by atoms with Crippen molar-refractivity contribution in [3.05, 3.63) is 58.6 Å². The highest BCUT2D eigenvalue weighted by Crippen LogP contribution is 2.27. The molecule has 0 aromatic heterocycles. The number of halogens is 2. The number of carbonyl (C=O) groups is 1. The first kappa shape index (κ1) is 17.2. The molecule has 0 radical (unpaired) electrons. The van der Waals surface area contributed by atoms with Gasteiger partial charge in [-0.3, -0.25) is 4.79 Å². The molecule has 1 amide bonds. The molecule has 0 aliphatic heterocycles. The first-order chi connectivity index (χ1) is 10.4. The average Bonchev–Trinajstić information content (AvgIpc) is 2.50. The van der Waals surface area contributed by atoms with Gasteiger partial charge in [0.05, 0.1) is 10.0 Å². The molecule has 116 valence electrons. The second-order valence-electron chi connectivity index (χ2n) is 4.96. The number of nitrogens with one attached hydrogen (secondary N) is 1. The Balaban J connectivity index is 1.99. The van der Waals surface area contributed by atoms with Crippen LogP contribution in [0.25, 0.3) is 0 Å². The summed E-state index contributed by atoms with van der Waals surface area (Å²) in [5.74, 6) is -0.251. The predicted molar refractivity (Wildman–Crippen MR) is 92.9 cm³/mol. The molecule has 1 atom stereocenters. The fourth-order valence-electron chi connectivity index (χ4n) is 1.65. The number of carbonyl (C=O) groups excluding carboxylic acids is 1. The number of rotatable bonds is 5. The van der Waals surface area contributed by atoms with E-state index in [2.05, 4.69) is 5.32 Å². The van der Waals surface area contributed by atoms with Crippen molar-refractivity contribution in [3.8, 4) is 0 Å². The fourth-order valence-corrected chi connectivity index (χ4v) is 2.87. The maximum absolute atomic E-state index is 12.2. The van der Waals surface area contributed by atoms with Crippen molar-refractivity contribution in [3.63, 3.8) is 0 Å². The second kappa shape index (κ2) is 7.38. The summed E-state index contributed by atoms with van der Waals surface area (Å²) >= 11 is 13.1. The van der Waals surface area contributed by atoms with Crippen LogP contribution in [0.5, 0.6) is 0 Å². The van der Waals surface area contributed by atoms with E-state index in [1.54, 1.807) is 18.2 Å². The zero-order valence-electron chi connectivity index (χ0n) is 11.8. The van der Waals surface area contributed by atoms with Crippen LogP contribution < -0.4 is 5.32 Å². The van der Waals surface area contributed by atoms with Gasteiger partial charge in [0.1, 0.15) is 5.60 Å². The lowest BCUT2D eigenvalue weighted by atomic mass is 10.1. The molecule has 0 spiro atoms. The molecule has 6 heteroatoms. The number of hydrogen-bond donors (Lipinski definition) is 2. The zero-order valence-corrected chi connectivity index (χ0v) is 14.2. The lowest BCUT2D eigenvalue weighted by molar-refractivity contribution is -0.130. The number of thioether (sulfide) groups is 1. The highest BCUT2D eigenvalue weighted by atomic mass is 35.5. The predicted octanol–water partition coefficient (Wildman–Crippen LogP) is 4.48. The molecule has 0 heterocycles. The van der Waals surface area contributed by atoms with Crippen molar-refractivity contribution in [2.45, 2.75) is 17.4 Å². The Labute approximate surface area is 143 Å². The maximum atomic E-state index is 12.2. The van der Waals surface area contributed by atoms with E-state index in [-0.39, 0.29) is 5.75 Å². The van der Waals surface area contributed by atoms with Crippen LogP contribution in [-0.2, 0) is 4.79 Å². The molecular formula is C16H15Cl2NO2S. The summed E-state index contributed by atoms with van der Waals surface area (Å²) < 4.78 is 0. The van der Waals surface area contributed by atoms with Crippen LogP contribution in [-0.4, -0.2) is 22.4 Å². The summed E-state index contributed by atoms with van der Waals surface area (Å²) in [6.07, 6.45) is 0. The quantitative estimate of drug-likeness (QED) is 0.777. The molecule has 3 nitrogen and oxygen atoms in total. The molecule has 0 saturated carbocycles. The smallest absolute Gasteiger partial charge is 0.256 e. The van der Waals surface area contributed by atoms with Gasteiger partial charge in [0.25, 0.3) is 5.91 Å². The van der Waals surface area contributed by atoms with Crippen molar-refractivity contribution in [1.29, 1.82) is 0 Å². The van der Waals surface area contributed by atoms with Gasteiger partial charge in [-0.05, 0) is 37.3 Å². The number of hydrogen-bond acceptors (Lipinski definition) is 3. The Hall–Kier alpha value is -1.20. The van der Waals surface area contributed by atoms with Gasteiger partial charge in [-0.15, -0.1) is 11.8 Å². The van der Waals surface area contributed by atoms with Crippen molar-refractivity contribution in [1.82, 2.24) is 0 Å². The van der Waals surface area contributed by atoms with Gasteiger partial charge < -0.3 is 10.4 Å². The Morgan fingerprint density at radius 3 is 2.50 bits per heavy atom. The summed E-state index contributed by atoms with van der Waals surface area (Å²) in [6, 6.07) is 14.4. The van der Waals surface area contributed by atoms with Crippen LogP contribution >= 0.6 is 35.0 Å². The number of aliphatic hydroxyl groups is 1. The van der Waals surface area contributed by atoms with E-state index in [0.29, 0.717) is 15.7 Å². The summed E-state index contributed by atoms with van der Waals surface area (Å²) in [6.45, 7) is 1.48. The van der Waals surface area contributed by atoms with E-state index in [1.165, 1.54) is 18.7 Å². The van der Waals surface area contributed by atoms with Gasteiger partial charge >= 0.3 is 0 Å². The Morgan fingerprint density at radius 1 is 1.18 bits per heavy atom. The summed E-state index contributed by atoms with van der Waals surface area (Å²) in [7, 11) is 0. The fraction of sp³-hybridized carbons (Fsp3) is 0.188. The summed E-state index contributed by atoms with van der Waals surface area (Å²) in [4.78, 5) is 13.2. The van der Waals surface area contributed by atoms with Gasteiger partial charge in [0, 0.05) is 16.3 Å². The number of benzene rings is 2. The molecule has 0 bridgehead atoms. The number of anilines is 1. The molecule has 22 heavy (non-hydrogen) atoms. The van der Waals surface area contributed by atoms with E-state index in [0.717, 1.165) is 4.90 Å². The molecule has 2 aromatic rings. The molecular weight excluding hydrogens is 341 g/mol. The third-order valence-corrected chi connectivity index (χ3v) is 4.98. The Morgan fingerprint density at radius 2 is 1.86 bits per heavy atom. The van der Waals surface area contributed by atoms with E-state index in [9.17, 15) is 9.90 Å². The highest BCUT2D eigenvalue weighted by molar-refractivity contribution is 7.99. The zero-order chi connectivity index (χ0) is 16.2. The van der Waals surface area contributed by atoms with Crippen LogP contribution in [0, 0.1) is 0 Å². The average molecular weight is 356 g/mol. The highest BCUT2D eigenvalue weighted by Gasteiger charge is 2.30. The first-order valence-corrected chi connectivity index (χ1v) is 8.29. The standard InChI is InChI=1S/C16H15Cl2NO2S/c1-16(21,10-22-12-5-3-2-4-6-12)15(20)19-11-7-8-13(17)14(18)9-11/h2-9,21H,10H2,1H3,(H,19,20). The van der Waals surface area contributed by atoms with Crippen LogP contribution in [0.3, 0.4) is 0 Å². The normalized spacial score (nSPS) is 13.5. The third-order valence-electron chi connectivity index (χ3n) is 2.93. The van der Waals surface area contributed by atoms with Crippen molar-refractivity contribution >= 4 is 46.6 Å². The topological polar surface area (TPSA) is 49.3 Å². The molecule has 2 rings (SSSR count). The Kier molecular flexibility index (Phi) is 5.75. The monoisotopic (exact) mass is 355 g/mol. The van der Waals surface area contributed by atoms with Crippen LogP contribution in [0.15, 0.2) is 53.4 Å².